The number of nitrogens with zero attached hydrogens (tertiary/aromatic N) is 8. The molecule has 326 valence electrons. The smallest absolute Gasteiger partial charge is 0.341 e. The van der Waals surface area contributed by atoms with Crippen LogP contribution in [0.3, 0.4) is 0 Å². The molecule has 9 rings (SSSR count). The van der Waals surface area contributed by atoms with Crippen LogP contribution in [-0.2, 0) is 19.7 Å². The van der Waals surface area contributed by atoms with Gasteiger partial charge in [0, 0.05) is 47.8 Å². The van der Waals surface area contributed by atoms with Crippen LogP contribution in [0.4, 0.5) is 11.4 Å². The Hall–Kier alpha value is -8.76. The summed E-state index contributed by atoms with van der Waals surface area (Å²) < 4.78 is 12.3. The summed E-state index contributed by atoms with van der Waals surface area (Å²) in [6.07, 6.45) is 6.46. The molecule has 6 heterocycles. The van der Waals surface area contributed by atoms with Gasteiger partial charge in [0.1, 0.15) is 17.7 Å². The Labute approximate surface area is 371 Å². The molecule has 22 heteroatoms. The minimum atomic E-state index is -1.37. The lowest BCUT2D eigenvalue weighted by Gasteiger charge is -2.14. The number of hydrogen-bond donors (Lipinski definition) is 3. The number of thiophene rings is 2. The maximum absolute atomic E-state index is 13.5. The van der Waals surface area contributed by atoms with E-state index in [2.05, 4.69) is 10.2 Å². The normalized spacial score (nSPS) is 11.0. The van der Waals surface area contributed by atoms with Crippen LogP contribution in [0.25, 0.3) is 31.8 Å². The molecule has 20 nitrogen and oxygen atoms in total. The van der Waals surface area contributed by atoms with Crippen LogP contribution in [0.15, 0.2) is 136 Å². The van der Waals surface area contributed by atoms with Gasteiger partial charge in [-0.25, -0.2) is 19.0 Å². The Morgan fingerprint density at radius 3 is 1.55 bits per heavy atom. The van der Waals surface area contributed by atoms with Crippen molar-refractivity contribution in [2.45, 2.75) is 19.7 Å². The molecule has 0 aliphatic carbocycles. The highest BCUT2D eigenvalue weighted by molar-refractivity contribution is 7.17. The van der Waals surface area contributed by atoms with Gasteiger partial charge in [-0.15, -0.1) is 22.7 Å². The van der Waals surface area contributed by atoms with Crippen molar-refractivity contribution < 1.29 is 39.5 Å². The highest BCUT2D eigenvalue weighted by Crippen LogP contribution is 2.32. The van der Waals surface area contributed by atoms with E-state index in [0.29, 0.717) is 42.9 Å². The fourth-order valence-corrected chi connectivity index (χ4v) is 8.72. The summed E-state index contributed by atoms with van der Waals surface area (Å²) in [6.45, 7) is 0.235. The second-order valence-corrected chi connectivity index (χ2v) is 15.8. The van der Waals surface area contributed by atoms with E-state index in [1.54, 1.807) is 70.4 Å². The highest BCUT2D eigenvalue weighted by atomic mass is 32.1. The SMILES string of the molecule is O=C(O)c1c(O)c(=O)n(Cc2cnn(-c3ccc([N+](=O)[O-])cc3)c2)c2ccsc12.O=C(O)c1c(OCc2ccccc2)c(=O)n(Cc2cnn(-c3ccc([N+](=O)[O-])cc3)c2)c2ccsc12. The van der Waals surface area contributed by atoms with Crippen molar-refractivity contribution in [1.29, 1.82) is 0 Å². The summed E-state index contributed by atoms with van der Waals surface area (Å²) in [5, 5.41) is 62.9. The van der Waals surface area contributed by atoms with E-state index in [1.807, 2.05) is 30.3 Å². The molecule has 0 fully saturated rings. The summed E-state index contributed by atoms with van der Waals surface area (Å²) in [5.41, 5.74) is 2.21. The second kappa shape index (κ2) is 17.9. The van der Waals surface area contributed by atoms with Crippen molar-refractivity contribution in [2.24, 2.45) is 0 Å². The summed E-state index contributed by atoms with van der Waals surface area (Å²) in [7, 11) is 0. The molecule has 0 spiro atoms. The molecular weight excluding hydrogens is 885 g/mol. The van der Waals surface area contributed by atoms with E-state index in [0.717, 1.165) is 16.9 Å². The molecule has 0 bridgehead atoms. The summed E-state index contributed by atoms with van der Waals surface area (Å²) in [5.74, 6) is -3.63. The van der Waals surface area contributed by atoms with E-state index in [4.69, 9.17) is 4.74 Å². The van der Waals surface area contributed by atoms with Gasteiger partial charge in [-0.2, -0.15) is 10.2 Å². The first-order valence-electron chi connectivity index (χ1n) is 19.0. The molecule has 0 amide bonds. The fraction of sp³-hybridized carbons (Fsp3) is 0.0698. The number of aromatic nitrogens is 6. The van der Waals surface area contributed by atoms with Gasteiger partial charge < -0.3 is 20.1 Å². The van der Waals surface area contributed by atoms with Crippen LogP contribution in [-0.4, -0.2) is 65.8 Å². The average Bonchev–Trinajstić information content (AvgIpc) is 4.15. The van der Waals surface area contributed by atoms with E-state index in [9.17, 15) is 54.7 Å². The molecule has 3 aromatic carbocycles. The molecule has 0 atom stereocenters. The first kappa shape index (κ1) is 42.9. The van der Waals surface area contributed by atoms with Crippen molar-refractivity contribution in [3.63, 3.8) is 0 Å². The van der Waals surface area contributed by atoms with E-state index >= 15 is 0 Å². The number of carboxylic acids is 2. The van der Waals surface area contributed by atoms with E-state index in [1.165, 1.54) is 55.6 Å². The van der Waals surface area contributed by atoms with Crippen molar-refractivity contribution in [3.8, 4) is 22.9 Å². The van der Waals surface area contributed by atoms with Gasteiger partial charge >= 0.3 is 11.9 Å². The van der Waals surface area contributed by atoms with Gasteiger partial charge in [0.05, 0.1) is 67.1 Å². The third kappa shape index (κ3) is 8.69. The number of rotatable bonds is 13. The number of nitro groups is 2. The molecule has 9 aromatic rings. The third-order valence-corrected chi connectivity index (χ3v) is 11.8. The molecular formula is C43H30N8O12S2. The largest absolute Gasteiger partial charge is 0.502 e. The van der Waals surface area contributed by atoms with Crippen molar-refractivity contribution in [1.82, 2.24) is 28.7 Å². The Balaban J connectivity index is 0.000000181. The summed E-state index contributed by atoms with van der Waals surface area (Å²) in [6, 6.07) is 24.2. The van der Waals surface area contributed by atoms with Crippen LogP contribution >= 0.6 is 22.7 Å². The second-order valence-electron chi connectivity index (χ2n) is 14.0. The maximum Gasteiger partial charge on any atom is 0.341 e. The number of aromatic carboxylic acids is 2. The topological polar surface area (TPSA) is 270 Å². The number of non-ortho nitro benzene ring substituents is 2. The van der Waals surface area contributed by atoms with Gasteiger partial charge in [-0.3, -0.25) is 39.0 Å². The lowest BCUT2D eigenvalue weighted by Crippen LogP contribution is -2.25. The van der Waals surface area contributed by atoms with Crippen molar-refractivity contribution >= 4 is 66.4 Å². The molecule has 0 radical (unpaired) electrons. The zero-order valence-electron chi connectivity index (χ0n) is 33.2. The standard InChI is InChI=1S/C25H18N4O6S.C18H12N4O6S/c30-24-22(35-15-16-4-2-1-3-5-16)21(25(31)32)23-20(10-11-36-23)27(24)13-17-12-26-28(14-17)18-6-8-19(9-7-18)29(33)34;23-15-14(18(25)26)16-13(5-6-29-16)20(17(15)24)8-10-7-19-21(9-10)11-1-3-12(4-2-11)22(27)28/h1-12,14H,13,15H2,(H,31,32);1-7,9,23H,8H2,(H,25,26). The quantitative estimate of drug-likeness (QED) is 0.0770. The summed E-state index contributed by atoms with van der Waals surface area (Å²) >= 11 is 2.34. The minimum Gasteiger partial charge on any atom is -0.502 e. The number of fused-ring (bicyclic) bond motifs is 2. The molecule has 0 unspecified atom stereocenters. The Bertz CT molecular complexity index is 3410. The molecule has 6 aromatic heterocycles. The van der Waals surface area contributed by atoms with Gasteiger partial charge in [0.15, 0.2) is 5.75 Å². The maximum atomic E-state index is 13.5. The number of hydrogen-bond acceptors (Lipinski definition) is 14. The Kier molecular flexibility index (Phi) is 11.8. The number of ether oxygens (including phenoxy) is 1. The zero-order valence-corrected chi connectivity index (χ0v) is 34.8. The first-order valence-corrected chi connectivity index (χ1v) is 20.7. The molecule has 0 aliphatic heterocycles. The number of benzene rings is 3. The van der Waals surface area contributed by atoms with Crippen LogP contribution in [0.5, 0.6) is 11.5 Å². The molecule has 65 heavy (non-hydrogen) atoms. The number of carbonyl (C=O) groups is 2. The minimum absolute atomic E-state index is 0.0286. The van der Waals surface area contributed by atoms with E-state index < -0.39 is 44.2 Å². The molecule has 0 saturated heterocycles. The van der Waals surface area contributed by atoms with Crippen LogP contribution in [0, 0.1) is 20.2 Å². The van der Waals surface area contributed by atoms with Gasteiger partial charge in [-0.1, -0.05) is 30.3 Å². The zero-order chi connectivity index (χ0) is 45.9. The molecule has 0 saturated carbocycles. The number of aromatic hydroxyl groups is 1. The predicted molar refractivity (Wildman–Crippen MR) is 237 cm³/mol. The van der Waals surface area contributed by atoms with Crippen LogP contribution in [0.1, 0.15) is 37.4 Å². The molecule has 3 N–H and O–H groups in total. The van der Waals surface area contributed by atoms with Gasteiger partial charge in [0.25, 0.3) is 22.5 Å². The van der Waals surface area contributed by atoms with Gasteiger partial charge in [0.2, 0.25) is 5.75 Å². The van der Waals surface area contributed by atoms with Crippen LogP contribution in [0.2, 0.25) is 0 Å². The number of nitro benzene ring substituents is 2. The number of pyridine rings is 2. The van der Waals surface area contributed by atoms with Crippen molar-refractivity contribution in [3.05, 3.63) is 195 Å². The van der Waals surface area contributed by atoms with Gasteiger partial charge in [-0.05, 0) is 52.7 Å². The molecule has 0 aliphatic rings. The van der Waals surface area contributed by atoms with Crippen molar-refractivity contribution in [2.75, 3.05) is 0 Å². The lowest BCUT2D eigenvalue weighted by atomic mass is 10.2. The van der Waals surface area contributed by atoms with E-state index in [-0.39, 0.29) is 42.4 Å². The Morgan fingerprint density at radius 1 is 0.631 bits per heavy atom. The van der Waals surface area contributed by atoms with Crippen LogP contribution < -0.4 is 15.9 Å². The average molecular weight is 915 g/mol. The number of carboxylic acid groups (broad SMARTS) is 2. The fourth-order valence-electron chi connectivity index (χ4n) is 6.85. The summed E-state index contributed by atoms with van der Waals surface area (Å²) in [4.78, 5) is 70.3. The first-order chi connectivity index (χ1) is 31.3. The monoisotopic (exact) mass is 914 g/mol. The lowest BCUT2D eigenvalue weighted by molar-refractivity contribution is -0.385. The highest BCUT2D eigenvalue weighted by Gasteiger charge is 2.25. The third-order valence-electron chi connectivity index (χ3n) is 9.93. The Morgan fingerprint density at radius 2 is 1.09 bits per heavy atom. The predicted octanol–water partition coefficient (Wildman–Crippen LogP) is 7.09.